The topological polar surface area (TPSA) is 36.4 Å². The van der Waals surface area contributed by atoms with E-state index in [-0.39, 0.29) is 5.41 Å². The summed E-state index contributed by atoms with van der Waals surface area (Å²) in [6, 6.07) is 8.95. The maximum absolute atomic E-state index is 4.45. The summed E-state index contributed by atoms with van der Waals surface area (Å²) < 4.78 is 0. The molecule has 0 aromatic heterocycles. The van der Waals surface area contributed by atoms with Gasteiger partial charge in [-0.05, 0) is 24.0 Å². The summed E-state index contributed by atoms with van der Waals surface area (Å²) in [5.74, 6) is 0.949. The van der Waals surface area contributed by atoms with E-state index in [2.05, 4.69) is 60.7 Å². The van der Waals surface area contributed by atoms with Crippen molar-refractivity contribution in [2.24, 2.45) is 4.99 Å². The molecule has 3 heteroatoms. The molecule has 19 heavy (non-hydrogen) atoms. The third kappa shape index (κ3) is 3.72. The van der Waals surface area contributed by atoms with E-state index in [9.17, 15) is 0 Å². The van der Waals surface area contributed by atoms with Crippen LogP contribution in [-0.2, 0) is 11.8 Å². The molecule has 0 radical (unpaired) electrons. The summed E-state index contributed by atoms with van der Waals surface area (Å²) in [5, 5.41) is 6.73. The van der Waals surface area contributed by atoms with Gasteiger partial charge in [-0.15, -0.1) is 0 Å². The highest BCUT2D eigenvalue weighted by atomic mass is 15.2. The van der Waals surface area contributed by atoms with Gasteiger partial charge >= 0.3 is 0 Å². The summed E-state index contributed by atoms with van der Waals surface area (Å²) >= 11 is 0. The molecule has 0 saturated carbocycles. The summed E-state index contributed by atoms with van der Waals surface area (Å²) in [4.78, 5) is 4.45. The molecule has 1 aromatic carbocycles. The third-order valence-electron chi connectivity index (χ3n) is 3.74. The number of nitrogens with zero attached hydrogens (tertiary/aromatic N) is 1. The van der Waals surface area contributed by atoms with E-state index in [1.807, 2.05) is 0 Å². The van der Waals surface area contributed by atoms with Crippen molar-refractivity contribution in [1.82, 2.24) is 10.6 Å². The lowest BCUT2D eigenvalue weighted by Gasteiger charge is -2.27. The lowest BCUT2D eigenvalue weighted by atomic mass is 9.84. The predicted octanol–water partition coefficient (Wildman–Crippen LogP) is 2.47. The summed E-state index contributed by atoms with van der Waals surface area (Å²) in [6.45, 7) is 9.58. The maximum Gasteiger partial charge on any atom is 0.191 e. The van der Waals surface area contributed by atoms with Gasteiger partial charge in [0.15, 0.2) is 5.96 Å². The van der Waals surface area contributed by atoms with Gasteiger partial charge in [-0.1, -0.05) is 45.0 Å². The average molecular weight is 259 g/mol. The van der Waals surface area contributed by atoms with Crippen LogP contribution < -0.4 is 10.6 Å². The SMILES string of the molecule is CCc1ccc(C(C)(C)CNC2=NCCCN2)cc1. The van der Waals surface area contributed by atoms with Gasteiger partial charge < -0.3 is 10.6 Å². The molecular formula is C16H25N3. The Morgan fingerprint density at radius 3 is 2.58 bits per heavy atom. The maximum atomic E-state index is 4.45. The van der Waals surface area contributed by atoms with Gasteiger partial charge in [0.05, 0.1) is 0 Å². The Bertz CT molecular complexity index is 432. The molecule has 0 bridgehead atoms. The number of guanidine groups is 1. The Balaban J connectivity index is 1.98. The number of aryl methyl sites for hydroxylation is 1. The molecule has 0 unspecified atom stereocenters. The summed E-state index contributed by atoms with van der Waals surface area (Å²) in [5.41, 5.74) is 2.87. The Labute approximate surface area is 116 Å². The van der Waals surface area contributed by atoms with Crippen molar-refractivity contribution in [2.75, 3.05) is 19.6 Å². The van der Waals surface area contributed by atoms with Crippen molar-refractivity contribution in [3.8, 4) is 0 Å². The van der Waals surface area contributed by atoms with E-state index in [4.69, 9.17) is 0 Å². The zero-order chi connectivity index (χ0) is 13.7. The Morgan fingerprint density at radius 1 is 1.26 bits per heavy atom. The fourth-order valence-electron chi connectivity index (χ4n) is 2.25. The molecule has 1 aliphatic heterocycles. The molecule has 0 amide bonds. The second-order valence-corrected chi connectivity index (χ2v) is 5.80. The highest BCUT2D eigenvalue weighted by molar-refractivity contribution is 5.80. The van der Waals surface area contributed by atoms with Crippen LogP contribution in [0.25, 0.3) is 0 Å². The van der Waals surface area contributed by atoms with Crippen LogP contribution in [0, 0.1) is 0 Å². The van der Waals surface area contributed by atoms with Gasteiger partial charge in [0.25, 0.3) is 0 Å². The third-order valence-corrected chi connectivity index (χ3v) is 3.74. The Morgan fingerprint density at radius 2 is 2.00 bits per heavy atom. The van der Waals surface area contributed by atoms with Crippen LogP contribution in [0.3, 0.4) is 0 Å². The number of rotatable bonds is 4. The zero-order valence-electron chi connectivity index (χ0n) is 12.3. The number of nitrogens with one attached hydrogen (secondary N) is 2. The van der Waals surface area contributed by atoms with Crippen molar-refractivity contribution >= 4 is 5.96 Å². The molecule has 1 aromatic rings. The van der Waals surface area contributed by atoms with Gasteiger partial charge in [0, 0.05) is 25.0 Å². The fraction of sp³-hybridized carbons (Fsp3) is 0.562. The van der Waals surface area contributed by atoms with Crippen LogP contribution in [0.1, 0.15) is 38.3 Å². The molecule has 0 fully saturated rings. The standard InChI is InChI=1S/C16H25N3/c1-4-13-6-8-14(9-7-13)16(2,3)12-19-15-17-10-5-11-18-15/h6-9H,4-5,10-12H2,1-3H3,(H2,17,18,19). The van der Waals surface area contributed by atoms with Crippen molar-refractivity contribution < 1.29 is 0 Å². The number of aliphatic imine (C=N–C) groups is 1. The van der Waals surface area contributed by atoms with E-state index in [0.29, 0.717) is 0 Å². The molecule has 0 saturated heterocycles. The van der Waals surface area contributed by atoms with Gasteiger partial charge in [-0.25, -0.2) is 0 Å². The Hall–Kier alpha value is -1.51. The minimum absolute atomic E-state index is 0.105. The van der Waals surface area contributed by atoms with Gasteiger partial charge in [0.1, 0.15) is 0 Å². The lowest BCUT2D eigenvalue weighted by Crippen LogP contribution is -2.45. The molecule has 2 N–H and O–H groups in total. The summed E-state index contributed by atoms with van der Waals surface area (Å²) in [6.07, 6.45) is 2.23. The monoisotopic (exact) mass is 259 g/mol. The van der Waals surface area contributed by atoms with E-state index in [0.717, 1.165) is 38.4 Å². The first kappa shape index (κ1) is 13.9. The van der Waals surface area contributed by atoms with Gasteiger partial charge in [-0.3, -0.25) is 4.99 Å². The van der Waals surface area contributed by atoms with Crippen LogP contribution in [0.5, 0.6) is 0 Å². The first-order chi connectivity index (χ1) is 9.12. The minimum atomic E-state index is 0.105. The highest BCUT2D eigenvalue weighted by Gasteiger charge is 2.21. The van der Waals surface area contributed by atoms with E-state index in [1.54, 1.807) is 0 Å². The van der Waals surface area contributed by atoms with Gasteiger partial charge in [-0.2, -0.15) is 0 Å². The van der Waals surface area contributed by atoms with Crippen LogP contribution in [-0.4, -0.2) is 25.6 Å². The first-order valence-electron chi connectivity index (χ1n) is 7.23. The quantitative estimate of drug-likeness (QED) is 0.871. The molecule has 0 aliphatic carbocycles. The highest BCUT2D eigenvalue weighted by Crippen LogP contribution is 2.22. The number of hydrogen-bond donors (Lipinski definition) is 2. The fourth-order valence-corrected chi connectivity index (χ4v) is 2.25. The van der Waals surface area contributed by atoms with E-state index >= 15 is 0 Å². The van der Waals surface area contributed by atoms with Gasteiger partial charge in [0.2, 0.25) is 0 Å². The molecule has 104 valence electrons. The van der Waals surface area contributed by atoms with Crippen LogP contribution >= 0.6 is 0 Å². The first-order valence-corrected chi connectivity index (χ1v) is 7.23. The van der Waals surface area contributed by atoms with Crippen molar-refractivity contribution in [2.45, 2.75) is 39.0 Å². The molecule has 1 heterocycles. The normalized spacial score (nSPS) is 15.6. The largest absolute Gasteiger partial charge is 0.356 e. The van der Waals surface area contributed by atoms with Crippen LogP contribution in [0.2, 0.25) is 0 Å². The number of benzene rings is 1. The molecule has 0 atom stereocenters. The van der Waals surface area contributed by atoms with Crippen molar-refractivity contribution in [1.29, 1.82) is 0 Å². The van der Waals surface area contributed by atoms with Crippen molar-refractivity contribution in [3.05, 3.63) is 35.4 Å². The molecule has 1 aliphatic rings. The van der Waals surface area contributed by atoms with E-state index in [1.165, 1.54) is 11.1 Å². The molecule has 0 spiro atoms. The van der Waals surface area contributed by atoms with Crippen molar-refractivity contribution in [3.63, 3.8) is 0 Å². The molecule has 3 nitrogen and oxygen atoms in total. The summed E-state index contributed by atoms with van der Waals surface area (Å²) in [7, 11) is 0. The smallest absolute Gasteiger partial charge is 0.191 e. The lowest BCUT2D eigenvalue weighted by molar-refractivity contribution is 0.505. The zero-order valence-corrected chi connectivity index (χ0v) is 12.3. The molecule has 2 rings (SSSR count). The van der Waals surface area contributed by atoms with E-state index < -0.39 is 0 Å². The van der Waals surface area contributed by atoms with Crippen LogP contribution in [0.4, 0.5) is 0 Å². The van der Waals surface area contributed by atoms with Crippen LogP contribution in [0.15, 0.2) is 29.3 Å². The second-order valence-electron chi connectivity index (χ2n) is 5.80. The predicted molar refractivity (Wildman–Crippen MR) is 81.8 cm³/mol. The molecular weight excluding hydrogens is 234 g/mol. The Kier molecular flexibility index (Phi) is 4.46. The average Bonchev–Trinajstić information content (AvgIpc) is 2.46. The number of hydrogen-bond acceptors (Lipinski definition) is 3. The second kappa shape index (κ2) is 6.09. The minimum Gasteiger partial charge on any atom is -0.356 e.